The van der Waals surface area contributed by atoms with Crippen LogP contribution in [0.15, 0.2) is 0 Å². The van der Waals surface area contributed by atoms with Crippen LogP contribution in [0.2, 0.25) is 32.2 Å². The fourth-order valence-corrected chi connectivity index (χ4v) is 32.8. The van der Waals surface area contributed by atoms with E-state index in [1.54, 1.807) is 0 Å². The van der Waals surface area contributed by atoms with Gasteiger partial charge in [0.2, 0.25) is 7.83 Å². The molecule has 1 fully saturated rings. The molecule has 1 saturated heterocycles. The lowest BCUT2D eigenvalue weighted by Crippen LogP contribution is -2.83. The summed E-state index contributed by atoms with van der Waals surface area (Å²) in [6, 6.07) is 0.820. The Morgan fingerprint density at radius 2 is 1.50 bits per heavy atom. The predicted octanol–water partition coefficient (Wildman–Crippen LogP) is 3.77. The summed E-state index contributed by atoms with van der Waals surface area (Å²) in [4.78, 5) is 0. The van der Waals surface area contributed by atoms with Crippen LogP contribution >= 0.6 is 23.2 Å². The van der Waals surface area contributed by atoms with Crippen LogP contribution in [0.5, 0.6) is 0 Å². The topological polar surface area (TPSA) is 9.23 Å². The van der Waals surface area contributed by atoms with Gasteiger partial charge in [-0.3, -0.25) is 8.78 Å². The van der Waals surface area contributed by atoms with E-state index in [1.165, 1.54) is 0 Å². The Morgan fingerprint density at radius 3 is 1.83 bits per heavy atom. The first-order chi connectivity index (χ1) is 8.16. The van der Waals surface area contributed by atoms with Crippen LogP contribution in [0.25, 0.3) is 0 Å². The Hall–Kier alpha value is 1.05. The Kier molecular flexibility index (Phi) is 5.17. The van der Waals surface area contributed by atoms with Gasteiger partial charge >= 0.3 is 0 Å². The highest BCUT2D eigenvalue weighted by Gasteiger charge is 2.67. The van der Waals surface area contributed by atoms with Gasteiger partial charge in [-0.2, -0.15) is 0 Å². The lowest BCUT2D eigenvalue weighted by Gasteiger charge is -2.59. The molecule has 1 aliphatic rings. The maximum Gasteiger partial charge on any atom is 0.238 e. The Labute approximate surface area is 121 Å². The molecule has 108 valence electrons. The SMILES string of the molecule is C[Si]1(C)CC(CCl)(CCl)O[Si](CF)(CF)[Si]1(C)C. The van der Waals surface area contributed by atoms with Gasteiger partial charge in [0.05, 0.1) is 24.5 Å². The lowest BCUT2D eigenvalue weighted by atomic mass is 10.2. The van der Waals surface area contributed by atoms with Gasteiger partial charge in [0.1, 0.15) is 12.6 Å². The van der Waals surface area contributed by atoms with Gasteiger partial charge in [-0.15, -0.1) is 23.2 Å². The Bertz CT molecular complexity index is 307. The Morgan fingerprint density at radius 1 is 1.06 bits per heavy atom. The second-order valence-corrected chi connectivity index (χ2v) is 32.9. The van der Waals surface area contributed by atoms with E-state index < -0.39 is 40.7 Å². The second kappa shape index (κ2) is 5.44. The van der Waals surface area contributed by atoms with Gasteiger partial charge < -0.3 is 4.43 Å². The molecule has 0 amide bonds. The zero-order valence-corrected chi connectivity index (χ0v) is 16.0. The molecule has 18 heavy (non-hydrogen) atoms. The highest BCUT2D eigenvalue weighted by Crippen LogP contribution is 2.45. The molecule has 0 radical (unpaired) electrons. The number of hydrogen-bond donors (Lipinski definition) is 0. The van der Waals surface area contributed by atoms with Crippen molar-refractivity contribution in [3.05, 3.63) is 0 Å². The molecule has 0 unspecified atom stereocenters. The third-order valence-corrected chi connectivity index (χ3v) is 43.6. The van der Waals surface area contributed by atoms with E-state index in [0.717, 1.165) is 6.04 Å². The largest absolute Gasteiger partial charge is 0.407 e. The number of alkyl halides is 4. The van der Waals surface area contributed by atoms with Gasteiger partial charge in [0.15, 0.2) is 0 Å². The van der Waals surface area contributed by atoms with Crippen molar-refractivity contribution in [1.82, 2.24) is 0 Å². The van der Waals surface area contributed by atoms with Crippen molar-refractivity contribution in [2.24, 2.45) is 0 Å². The van der Waals surface area contributed by atoms with Crippen molar-refractivity contribution in [3.63, 3.8) is 0 Å². The van der Waals surface area contributed by atoms with Crippen LogP contribution in [-0.2, 0) is 4.43 Å². The first-order valence-electron chi connectivity index (χ1n) is 6.10. The summed E-state index contributed by atoms with van der Waals surface area (Å²) in [6.07, 6.45) is -1.29. The van der Waals surface area contributed by atoms with E-state index in [9.17, 15) is 8.78 Å². The molecule has 0 atom stereocenters. The number of halogens is 4. The molecule has 0 spiro atoms. The van der Waals surface area contributed by atoms with E-state index in [1.807, 2.05) is 0 Å². The molecule has 0 aromatic heterocycles. The highest BCUT2D eigenvalue weighted by molar-refractivity contribution is 7.68. The van der Waals surface area contributed by atoms with E-state index in [-0.39, 0.29) is 11.8 Å². The van der Waals surface area contributed by atoms with Crippen LogP contribution in [0.4, 0.5) is 8.78 Å². The molecule has 0 aliphatic carbocycles. The molecule has 1 rings (SSSR count). The van der Waals surface area contributed by atoms with Gasteiger partial charge in [-0.1, -0.05) is 26.2 Å². The maximum atomic E-state index is 13.7. The zero-order valence-electron chi connectivity index (χ0n) is 11.5. The Balaban J connectivity index is 3.31. The van der Waals surface area contributed by atoms with E-state index >= 15 is 0 Å². The fourth-order valence-electron chi connectivity index (χ4n) is 2.83. The second-order valence-electron chi connectivity index (χ2n) is 6.50. The van der Waals surface area contributed by atoms with Crippen LogP contribution < -0.4 is 0 Å². The smallest absolute Gasteiger partial charge is 0.238 e. The molecule has 0 aromatic carbocycles. The summed E-state index contributed by atoms with van der Waals surface area (Å²) in [5, 5.41) is 0. The van der Waals surface area contributed by atoms with Gasteiger partial charge in [-0.25, -0.2) is 0 Å². The zero-order chi connectivity index (χ0) is 14.2. The highest BCUT2D eigenvalue weighted by atomic mass is 35.5. The van der Waals surface area contributed by atoms with Crippen molar-refractivity contribution >= 4 is 45.7 Å². The molecular formula is C10H22Cl2F2OSi3. The maximum absolute atomic E-state index is 13.7. The monoisotopic (exact) mass is 350 g/mol. The van der Waals surface area contributed by atoms with E-state index in [2.05, 4.69) is 26.2 Å². The van der Waals surface area contributed by atoms with Gasteiger partial charge in [-0.05, 0) is 6.04 Å². The summed E-state index contributed by atoms with van der Waals surface area (Å²) in [6.45, 7) is 8.67. The van der Waals surface area contributed by atoms with Crippen molar-refractivity contribution in [2.45, 2.75) is 37.8 Å². The molecule has 1 heterocycles. The van der Waals surface area contributed by atoms with Gasteiger partial charge in [0, 0.05) is 7.59 Å². The van der Waals surface area contributed by atoms with Crippen molar-refractivity contribution < 1.29 is 13.2 Å². The summed E-state index contributed by atoms with van der Waals surface area (Å²) in [7, 11) is -6.75. The van der Waals surface area contributed by atoms with Gasteiger partial charge in [0.25, 0.3) is 0 Å². The average Bonchev–Trinajstić information content (AvgIpc) is 2.33. The molecule has 1 nitrogen and oxygen atoms in total. The predicted molar refractivity (Wildman–Crippen MR) is 82.7 cm³/mol. The molecule has 8 heteroatoms. The average molecular weight is 351 g/mol. The quantitative estimate of drug-likeness (QED) is 0.553. The number of rotatable bonds is 4. The van der Waals surface area contributed by atoms with Crippen molar-refractivity contribution in [1.29, 1.82) is 0 Å². The summed E-state index contributed by atoms with van der Waals surface area (Å²) in [5.41, 5.74) is -0.703. The summed E-state index contributed by atoms with van der Waals surface area (Å²) >= 11 is 12.0. The molecule has 0 saturated carbocycles. The third-order valence-electron chi connectivity index (χ3n) is 4.93. The third kappa shape index (κ3) is 2.37. The summed E-state index contributed by atoms with van der Waals surface area (Å²) in [5.74, 6) is 0.457. The molecular weight excluding hydrogens is 329 g/mol. The molecule has 0 bridgehead atoms. The standard InChI is InChI=1S/C10H22Cl2F2OSi3/c1-16(2)7-10(5-11,6-12)15-18(8-13,9-14)17(16,3)4/h5-9H2,1-4H3. The van der Waals surface area contributed by atoms with Crippen LogP contribution in [0.3, 0.4) is 0 Å². The van der Waals surface area contributed by atoms with Crippen LogP contribution in [0, 0.1) is 0 Å². The fraction of sp³-hybridized carbons (Fsp3) is 1.00. The minimum atomic E-state index is -2.97. The van der Waals surface area contributed by atoms with E-state index in [0.29, 0.717) is 0 Å². The van der Waals surface area contributed by atoms with Crippen LogP contribution in [-0.4, -0.2) is 52.5 Å². The van der Waals surface area contributed by atoms with Crippen molar-refractivity contribution in [3.8, 4) is 0 Å². The molecule has 0 N–H and O–H groups in total. The van der Waals surface area contributed by atoms with Crippen LogP contribution in [0.1, 0.15) is 0 Å². The first kappa shape index (κ1) is 17.1. The molecule has 0 aromatic rings. The number of hydrogen-bond acceptors (Lipinski definition) is 1. The normalized spacial score (nSPS) is 28.0. The van der Waals surface area contributed by atoms with E-state index in [4.69, 9.17) is 27.6 Å². The minimum absolute atomic E-state index is 0.228. The molecule has 1 aliphatic heterocycles. The summed E-state index contributed by atoms with van der Waals surface area (Å²) < 4.78 is 33.3. The lowest BCUT2D eigenvalue weighted by molar-refractivity contribution is 0.117. The van der Waals surface area contributed by atoms with Crippen molar-refractivity contribution in [2.75, 3.05) is 24.4 Å². The first-order valence-corrected chi connectivity index (χ1v) is 17.7. The minimum Gasteiger partial charge on any atom is -0.407 e.